The van der Waals surface area contributed by atoms with Crippen LogP contribution in [0.2, 0.25) is 0 Å². The number of ether oxygens (including phenoxy) is 1. The minimum Gasteiger partial charge on any atom is -0.494 e. The minimum absolute atomic E-state index is 0.458. The number of hydrogen-bond acceptors (Lipinski definition) is 2. The van der Waals surface area contributed by atoms with Gasteiger partial charge in [0.1, 0.15) is 5.75 Å². The summed E-state index contributed by atoms with van der Waals surface area (Å²) in [5.74, 6) is 1.68. The normalized spacial score (nSPS) is 12.7. The van der Waals surface area contributed by atoms with Gasteiger partial charge in [0.15, 0.2) is 0 Å². The molecule has 0 saturated heterocycles. The van der Waals surface area contributed by atoms with Crippen LogP contribution >= 0.6 is 0 Å². The summed E-state index contributed by atoms with van der Waals surface area (Å²) in [4.78, 5) is 0. The molecule has 0 aliphatic heterocycles. The third-order valence-corrected chi connectivity index (χ3v) is 3.95. The second-order valence-electron chi connectivity index (χ2n) is 5.38. The van der Waals surface area contributed by atoms with E-state index in [1.807, 2.05) is 0 Å². The molecule has 0 aromatic heterocycles. The molecule has 0 amide bonds. The van der Waals surface area contributed by atoms with Crippen molar-refractivity contribution in [1.29, 1.82) is 0 Å². The number of benzene rings is 1. The van der Waals surface area contributed by atoms with Crippen molar-refractivity contribution in [3.63, 3.8) is 0 Å². The number of rotatable bonds is 10. The van der Waals surface area contributed by atoms with E-state index in [0.717, 1.165) is 25.3 Å². The first-order valence-corrected chi connectivity index (χ1v) is 8.22. The smallest absolute Gasteiger partial charge is 0.119 e. The van der Waals surface area contributed by atoms with Crippen molar-refractivity contribution in [3.8, 4) is 5.75 Å². The third-order valence-electron chi connectivity index (χ3n) is 3.95. The fourth-order valence-corrected chi connectivity index (χ4v) is 2.64. The maximum Gasteiger partial charge on any atom is 0.119 e. The van der Waals surface area contributed by atoms with Gasteiger partial charge in [-0.15, -0.1) is 0 Å². The van der Waals surface area contributed by atoms with E-state index in [9.17, 15) is 0 Å². The molecule has 0 fully saturated rings. The van der Waals surface area contributed by atoms with Crippen molar-refractivity contribution in [2.45, 2.75) is 59.4 Å². The summed E-state index contributed by atoms with van der Waals surface area (Å²) < 4.78 is 5.73. The summed E-state index contributed by atoms with van der Waals surface area (Å²) in [5.41, 5.74) is 1.38. The van der Waals surface area contributed by atoms with Gasteiger partial charge in [-0.25, -0.2) is 0 Å². The summed E-state index contributed by atoms with van der Waals surface area (Å²) in [5, 5.41) is 3.63. The SMILES string of the molecule is CCCCOc1ccc(C(NCC)C(CC)CC)cc1. The molecule has 0 bridgehead atoms. The van der Waals surface area contributed by atoms with Crippen molar-refractivity contribution < 1.29 is 4.74 Å². The number of nitrogens with one attached hydrogen (secondary N) is 1. The van der Waals surface area contributed by atoms with Crippen molar-refractivity contribution in [2.24, 2.45) is 5.92 Å². The van der Waals surface area contributed by atoms with Gasteiger partial charge in [0.05, 0.1) is 6.61 Å². The van der Waals surface area contributed by atoms with Crippen LogP contribution in [0.4, 0.5) is 0 Å². The first kappa shape index (κ1) is 17.0. The maximum absolute atomic E-state index is 5.73. The van der Waals surface area contributed by atoms with E-state index in [1.54, 1.807) is 0 Å². The van der Waals surface area contributed by atoms with Gasteiger partial charge in [0.2, 0.25) is 0 Å². The summed E-state index contributed by atoms with van der Waals surface area (Å²) >= 11 is 0. The van der Waals surface area contributed by atoms with E-state index >= 15 is 0 Å². The highest BCUT2D eigenvalue weighted by molar-refractivity contribution is 5.29. The van der Waals surface area contributed by atoms with E-state index in [0.29, 0.717) is 12.0 Å². The molecule has 114 valence electrons. The highest BCUT2D eigenvalue weighted by Crippen LogP contribution is 2.28. The van der Waals surface area contributed by atoms with Crippen LogP contribution in [0, 0.1) is 5.92 Å². The molecule has 1 unspecified atom stereocenters. The molecule has 0 aliphatic carbocycles. The second kappa shape index (κ2) is 9.82. The minimum atomic E-state index is 0.458. The van der Waals surface area contributed by atoms with Crippen molar-refractivity contribution in [1.82, 2.24) is 5.32 Å². The van der Waals surface area contributed by atoms with Gasteiger partial charge in [-0.1, -0.05) is 59.1 Å². The Hall–Kier alpha value is -1.02. The first-order valence-electron chi connectivity index (χ1n) is 8.22. The Morgan fingerprint density at radius 2 is 1.65 bits per heavy atom. The molecular weight excluding hydrogens is 246 g/mol. The van der Waals surface area contributed by atoms with E-state index in [-0.39, 0.29) is 0 Å². The predicted octanol–water partition coefficient (Wildman–Crippen LogP) is 4.95. The second-order valence-corrected chi connectivity index (χ2v) is 5.38. The molecule has 2 heteroatoms. The predicted molar refractivity (Wildman–Crippen MR) is 87.3 cm³/mol. The molecule has 1 aromatic rings. The Kier molecular flexibility index (Phi) is 8.36. The summed E-state index contributed by atoms with van der Waals surface area (Å²) in [7, 11) is 0. The van der Waals surface area contributed by atoms with Crippen LogP contribution < -0.4 is 10.1 Å². The molecule has 0 spiro atoms. The lowest BCUT2D eigenvalue weighted by Gasteiger charge is -2.26. The molecule has 2 nitrogen and oxygen atoms in total. The zero-order valence-corrected chi connectivity index (χ0v) is 13.6. The molecule has 1 atom stereocenters. The molecule has 0 radical (unpaired) electrons. The fraction of sp³-hybridized carbons (Fsp3) is 0.667. The highest BCUT2D eigenvalue weighted by atomic mass is 16.5. The topological polar surface area (TPSA) is 21.3 Å². The van der Waals surface area contributed by atoms with Gasteiger partial charge in [-0.3, -0.25) is 0 Å². The average molecular weight is 277 g/mol. The summed E-state index contributed by atoms with van der Waals surface area (Å²) in [6.07, 6.45) is 4.72. The van der Waals surface area contributed by atoms with Gasteiger partial charge in [-0.05, 0) is 36.6 Å². The highest BCUT2D eigenvalue weighted by Gasteiger charge is 2.19. The molecular formula is C18H31NO. The Labute approximate surface area is 124 Å². The molecule has 20 heavy (non-hydrogen) atoms. The van der Waals surface area contributed by atoms with E-state index in [1.165, 1.54) is 24.8 Å². The maximum atomic E-state index is 5.73. The molecule has 0 saturated carbocycles. The van der Waals surface area contributed by atoms with E-state index in [4.69, 9.17) is 4.74 Å². The van der Waals surface area contributed by atoms with Gasteiger partial charge in [0.25, 0.3) is 0 Å². The third kappa shape index (κ3) is 5.16. The lowest BCUT2D eigenvalue weighted by molar-refractivity contribution is 0.308. The Balaban J connectivity index is 2.71. The lowest BCUT2D eigenvalue weighted by Crippen LogP contribution is -2.27. The number of unbranched alkanes of at least 4 members (excludes halogenated alkanes) is 1. The quantitative estimate of drug-likeness (QED) is 0.611. The van der Waals surface area contributed by atoms with Crippen LogP contribution in [0.1, 0.15) is 65.0 Å². The van der Waals surface area contributed by atoms with Gasteiger partial charge in [0, 0.05) is 6.04 Å². The fourth-order valence-electron chi connectivity index (χ4n) is 2.64. The van der Waals surface area contributed by atoms with Crippen LogP contribution in [0.3, 0.4) is 0 Å². The van der Waals surface area contributed by atoms with Crippen LogP contribution in [-0.4, -0.2) is 13.2 Å². The van der Waals surface area contributed by atoms with Crippen LogP contribution in [-0.2, 0) is 0 Å². The Bertz CT molecular complexity index is 343. The van der Waals surface area contributed by atoms with Gasteiger partial charge >= 0.3 is 0 Å². The zero-order chi connectivity index (χ0) is 14.8. The average Bonchev–Trinajstić information content (AvgIpc) is 2.49. The molecule has 0 heterocycles. The lowest BCUT2D eigenvalue weighted by atomic mass is 9.89. The van der Waals surface area contributed by atoms with Gasteiger partial charge in [-0.2, -0.15) is 0 Å². The van der Waals surface area contributed by atoms with Crippen molar-refractivity contribution in [3.05, 3.63) is 29.8 Å². The number of hydrogen-bond donors (Lipinski definition) is 1. The zero-order valence-electron chi connectivity index (χ0n) is 13.6. The van der Waals surface area contributed by atoms with Crippen molar-refractivity contribution >= 4 is 0 Å². The van der Waals surface area contributed by atoms with E-state index in [2.05, 4.69) is 57.3 Å². The first-order chi connectivity index (χ1) is 9.76. The van der Waals surface area contributed by atoms with Crippen LogP contribution in [0.5, 0.6) is 5.75 Å². The summed E-state index contributed by atoms with van der Waals surface area (Å²) in [6, 6.07) is 9.11. The summed E-state index contributed by atoms with van der Waals surface area (Å²) in [6.45, 7) is 10.7. The Morgan fingerprint density at radius 1 is 1.00 bits per heavy atom. The molecule has 1 N–H and O–H groups in total. The molecule has 0 aliphatic rings. The van der Waals surface area contributed by atoms with Crippen LogP contribution in [0.25, 0.3) is 0 Å². The molecule has 1 rings (SSSR count). The largest absolute Gasteiger partial charge is 0.494 e. The van der Waals surface area contributed by atoms with E-state index < -0.39 is 0 Å². The van der Waals surface area contributed by atoms with Gasteiger partial charge < -0.3 is 10.1 Å². The van der Waals surface area contributed by atoms with Crippen LogP contribution in [0.15, 0.2) is 24.3 Å². The van der Waals surface area contributed by atoms with Crippen molar-refractivity contribution in [2.75, 3.05) is 13.2 Å². The molecule has 1 aromatic carbocycles. The Morgan fingerprint density at radius 3 is 2.15 bits per heavy atom. The standard InChI is InChI=1S/C18H31NO/c1-5-9-14-20-17-12-10-16(11-13-17)18(19-8-4)15(6-2)7-3/h10-13,15,18-19H,5-9,14H2,1-4H3. The monoisotopic (exact) mass is 277 g/mol.